The predicted molar refractivity (Wildman–Crippen MR) is 95.7 cm³/mol. The average molecular weight is 380 g/mol. The number of pyridine rings is 1. The van der Waals surface area contributed by atoms with Crippen LogP contribution in [0.3, 0.4) is 0 Å². The highest BCUT2D eigenvalue weighted by atomic mass is 35.5. The fourth-order valence-electron chi connectivity index (χ4n) is 2.09. The molecule has 24 heavy (non-hydrogen) atoms. The number of hydrogen-bond donors (Lipinski definition) is 1. The lowest BCUT2D eigenvalue weighted by molar-refractivity contribution is 0.581. The monoisotopic (exact) mass is 379 g/mol. The van der Waals surface area contributed by atoms with Gasteiger partial charge in [-0.15, -0.1) is 11.3 Å². The smallest absolute Gasteiger partial charge is 0.242 e. The van der Waals surface area contributed by atoms with Crippen LogP contribution in [0.2, 0.25) is 5.02 Å². The SMILES string of the molecule is O=S(=O)(NCCc1nc(-c2ccccn2)cs1)c1ccccc1Cl. The number of thiazole rings is 1. The lowest BCUT2D eigenvalue weighted by atomic mass is 10.3. The third-order valence-electron chi connectivity index (χ3n) is 3.24. The van der Waals surface area contributed by atoms with Crippen LogP contribution in [0.1, 0.15) is 5.01 Å². The molecule has 0 amide bonds. The van der Waals surface area contributed by atoms with E-state index in [1.807, 2.05) is 23.6 Å². The second-order valence-electron chi connectivity index (χ2n) is 4.92. The van der Waals surface area contributed by atoms with Crippen molar-refractivity contribution in [3.63, 3.8) is 0 Å². The normalized spacial score (nSPS) is 11.5. The number of nitrogens with one attached hydrogen (secondary N) is 1. The molecule has 0 fully saturated rings. The highest BCUT2D eigenvalue weighted by Crippen LogP contribution is 2.21. The minimum Gasteiger partial charge on any atom is -0.255 e. The summed E-state index contributed by atoms with van der Waals surface area (Å²) in [6.45, 7) is 0.253. The largest absolute Gasteiger partial charge is 0.255 e. The van der Waals surface area contributed by atoms with E-state index in [9.17, 15) is 8.42 Å². The Bertz CT molecular complexity index is 927. The molecular formula is C16H14ClN3O2S2. The number of hydrogen-bond acceptors (Lipinski definition) is 5. The molecule has 3 rings (SSSR count). The van der Waals surface area contributed by atoms with Crippen molar-refractivity contribution in [2.45, 2.75) is 11.3 Å². The van der Waals surface area contributed by atoms with Gasteiger partial charge in [0, 0.05) is 24.5 Å². The van der Waals surface area contributed by atoms with Gasteiger partial charge in [-0.1, -0.05) is 29.8 Å². The fraction of sp³-hybridized carbons (Fsp3) is 0.125. The van der Waals surface area contributed by atoms with Gasteiger partial charge in [0.05, 0.1) is 21.4 Å². The molecule has 2 heterocycles. The molecule has 5 nitrogen and oxygen atoms in total. The van der Waals surface area contributed by atoms with Crippen LogP contribution in [0.5, 0.6) is 0 Å². The highest BCUT2D eigenvalue weighted by Gasteiger charge is 2.17. The first-order valence-electron chi connectivity index (χ1n) is 7.16. The zero-order valence-corrected chi connectivity index (χ0v) is 14.9. The van der Waals surface area contributed by atoms with Crippen LogP contribution in [0, 0.1) is 0 Å². The Labute approximate surface area is 149 Å². The van der Waals surface area contributed by atoms with Gasteiger partial charge in [0.15, 0.2) is 0 Å². The minimum atomic E-state index is -3.62. The van der Waals surface area contributed by atoms with E-state index in [4.69, 9.17) is 11.6 Å². The maximum Gasteiger partial charge on any atom is 0.242 e. The molecule has 1 N–H and O–H groups in total. The van der Waals surface area contributed by atoms with Gasteiger partial charge in [0.1, 0.15) is 4.90 Å². The third-order valence-corrected chi connectivity index (χ3v) is 6.11. The third kappa shape index (κ3) is 3.99. The van der Waals surface area contributed by atoms with E-state index in [1.165, 1.54) is 17.4 Å². The summed E-state index contributed by atoms with van der Waals surface area (Å²) in [4.78, 5) is 8.82. The predicted octanol–water partition coefficient (Wildman–Crippen LogP) is 3.38. The molecule has 0 aliphatic heterocycles. The first-order valence-corrected chi connectivity index (χ1v) is 9.90. The first kappa shape index (κ1) is 17.0. The summed E-state index contributed by atoms with van der Waals surface area (Å²) in [6.07, 6.45) is 2.22. The Morgan fingerprint density at radius 1 is 1.08 bits per heavy atom. The van der Waals surface area contributed by atoms with Gasteiger partial charge in [-0.2, -0.15) is 0 Å². The Hall–Kier alpha value is -1.80. The Kier molecular flexibility index (Phi) is 5.25. The molecule has 0 saturated carbocycles. The molecule has 0 spiro atoms. The molecule has 0 saturated heterocycles. The number of benzene rings is 1. The van der Waals surface area contributed by atoms with Crippen molar-refractivity contribution >= 4 is 33.0 Å². The second kappa shape index (κ2) is 7.40. The first-order chi connectivity index (χ1) is 11.6. The van der Waals surface area contributed by atoms with Crippen molar-refractivity contribution in [1.29, 1.82) is 0 Å². The fourth-order valence-corrected chi connectivity index (χ4v) is 4.43. The van der Waals surface area contributed by atoms with Gasteiger partial charge in [-0.05, 0) is 24.3 Å². The molecule has 1 aromatic carbocycles. The summed E-state index contributed by atoms with van der Waals surface area (Å²) in [5.74, 6) is 0. The summed E-state index contributed by atoms with van der Waals surface area (Å²) in [6, 6.07) is 12.0. The van der Waals surface area contributed by atoms with Crippen LogP contribution in [0.15, 0.2) is 58.9 Å². The lowest BCUT2D eigenvalue weighted by Crippen LogP contribution is -2.26. The van der Waals surface area contributed by atoms with Crippen molar-refractivity contribution in [1.82, 2.24) is 14.7 Å². The molecule has 0 bridgehead atoms. The molecule has 2 aromatic heterocycles. The molecule has 0 atom stereocenters. The molecule has 0 radical (unpaired) electrons. The lowest BCUT2D eigenvalue weighted by Gasteiger charge is -2.07. The number of rotatable bonds is 6. The quantitative estimate of drug-likeness (QED) is 0.712. The molecular weight excluding hydrogens is 366 g/mol. The number of nitrogens with zero attached hydrogens (tertiary/aromatic N) is 2. The van der Waals surface area contributed by atoms with Gasteiger partial charge < -0.3 is 0 Å². The Balaban J connectivity index is 1.63. The zero-order valence-electron chi connectivity index (χ0n) is 12.5. The van der Waals surface area contributed by atoms with Crippen molar-refractivity contribution in [3.05, 3.63) is 64.1 Å². The maximum absolute atomic E-state index is 12.2. The zero-order chi connectivity index (χ0) is 17.0. The van der Waals surface area contributed by atoms with Crippen LogP contribution < -0.4 is 4.72 Å². The van der Waals surface area contributed by atoms with E-state index in [0.29, 0.717) is 6.42 Å². The van der Waals surface area contributed by atoms with Gasteiger partial charge in [0.25, 0.3) is 0 Å². The summed E-state index contributed by atoms with van der Waals surface area (Å²) < 4.78 is 27.0. The van der Waals surface area contributed by atoms with Gasteiger partial charge in [0.2, 0.25) is 10.0 Å². The standard InChI is InChI=1S/C16H14ClN3O2S2/c17-12-5-1-2-7-15(12)24(21,22)19-10-8-16-20-14(11-23-16)13-6-3-4-9-18-13/h1-7,9,11,19H,8,10H2. The molecule has 124 valence electrons. The minimum absolute atomic E-state index is 0.0833. The Morgan fingerprint density at radius 3 is 2.62 bits per heavy atom. The van der Waals surface area contributed by atoms with Crippen molar-refractivity contribution in [3.8, 4) is 11.4 Å². The summed E-state index contributed by atoms with van der Waals surface area (Å²) in [5, 5.41) is 2.97. The van der Waals surface area contributed by atoms with E-state index in [0.717, 1.165) is 16.4 Å². The topological polar surface area (TPSA) is 72.0 Å². The number of sulfonamides is 1. The van der Waals surface area contributed by atoms with Crippen LogP contribution in [0.4, 0.5) is 0 Å². The van der Waals surface area contributed by atoms with E-state index in [-0.39, 0.29) is 16.5 Å². The van der Waals surface area contributed by atoms with E-state index in [1.54, 1.807) is 24.4 Å². The molecule has 8 heteroatoms. The van der Waals surface area contributed by atoms with Crippen molar-refractivity contribution in [2.24, 2.45) is 0 Å². The summed E-state index contributed by atoms with van der Waals surface area (Å²) in [7, 11) is -3.62. The highest BCUT2D eigenvalue weighted by molar-refractivity contribution is 7.89. The van der Waals surface area contributed by atoms with E-state index < -0.39 is 10.0 Å². The van der Waals surface area contributed by atoms with Crippen LogP contribution in [0.25, 0.3) is 11.4 Å². The van der Waals surface area contributed by atoms with Crippen molar-refractivity contribution < 1.29 is 8.42 Å². The second-order valence-corrected chi connectivity index (χ2v) is 8.00. The van der Waals surface area contributed by atoms with E-state index >= 15 is 0 Å². The molecule has 0 aliphatic carbocycles. The number of aromatic nitrogens is 2. The van der Waals surface area contributed by atoms with Crippen LogP contribution >= 0.6 is 22.9 Å². The van der Waals surface area contributed by atoms with Crippen LogP contribution in [-0.4, -0.2) is 24.9 Å². The number of halogens is 1. The molecule has 3 aromatic rings. The van der Waals surface area contributed by atoms with Crippen LogP contribution in [-0.2, 0) is 16.4 Å². The van der Waals surface area contributed by atoms with Gasteiger partial charge in [-0.3, -0.25) is 4.98 Å². The Morgan fingerprint density at radius 2 is 1.88 bits per heavy atom. The maximum atomic E-state index is 12.2. The molecule has 0 aliphatic rings. The van der Waals surface area contributed by atoms with Gasteiger partial charge >= 0.3 is 0 Å². The summed E-state index contributed by atoms with van der Waals surface area (Å²) >= 11 is 7.42. The average Bonchev–Trinajstić information content (AvgIpc) is 3.05. The summed E-state index contributed by atoms with van der Waals surface area (Å²) in [5.41, 5.74) is 1.60. The van der Waals surface area contributed by atoms with Gasteiger partial charge in [-0.25, -0.2) is 18.1 Å². The van der Waals surface area contributed by atoms with Crippen molar-refractivity contribution in [2.75, 3.05) is 6.54 Å². The van der Waals surface area contributed by atoms with E-state index in [2.05, 4.69) is 14.7 Å². The molecule has 0 unspecified atom stereocenters.